The highest BCUT2D eigenvalue weighted by atomic mass is 19.1. The first-order chi connectivity index (χ1) is 12.1. The monoisotopic (exact) mass is 346 g/mol. The van der Waals surface area contributed by atoms with E-state index < -0.39 is 0 Å². The van der Waals surface area contributed by atoms with Crippen LogP contribution >= 0.6 is 0 Å². The Labute approximate surface area is 146 Å². The van der Waals surface area contributed by atoms with Crippen molar-refractivity contribution in [3.63, 3.8) is 0 Å². The predicted octanol–water partition coefficient (Wildman–Crippen LogP) is 3.62. The largest absolute Gasteiger partial charge is 0.493 e. The lowest BCUT2D eigenvalue weighted by molar-refractivity contribution is 0.0599. The Morgan fingerprint density at radius 3 is 2.84 bits per heavy atom. The van der Waals surface area contributed by atoms with E-state index >= 15 is 0 Å². The number of nitrogens with zero attached hydrogens (tertiary/aromatic N) is 2. The molecule has 0 unspecified atom stereocenters. The van der Waals surface area contributed by atoms with Crippen molar-refractivity contribution in [2.75, 3.05) is 19.7 Å². The fourth-order valence-corrected chi connectivity index (χ4v) is 3.08. The average molecular weight is 346 g/mol. The number of halogens is 1. The molecule has 1 aromatic heterocycles. The van der Waals surface area contributed by atoms with Crippen molar-refractivity contribution in [3.8, 4) is 5.75 Å². The molecule has 0 aliphatic carbocycles. The number of likely N-dealkylation sites (tertiary alicyclic amines) is 1. The average Bonchev–Trinajstić information content (AvgIpc) is 3.02. The normalized spacial score (nSPS) is 17.6. The van der Waals surface area contributed by atoms with Gasteiger partial charge in [-0.25, -0.2) is 9.37 Å². The van der Waals surface area contributed by atoms with Crippen molar-refractivity contribution < 1.29 is 18.3 Å². The van der Waals surface area contributed by atoms with Gasteiger partial charge in [-0.3, -0.25) is 4.79 Å². The van der Waals surface area contributed by atoms with E-state index in [0.717, 1.165) is 12.8 Å². The second kappa shape index (κ2) is 7.68. The van der Waals surface area contributed by atoms with Crippen molar-refractivity contribution in [1.82, 2.24) is 9.88 Å². The van der Waals surface area contributed by atoms with E-state index in [1.165, 1.54) is 12.1 Å². The predicted molar refractivity (Wildman–Crippen MR) is 91.1 cm³/mol. The van der Waals surface area contributed by atoms with Crippen LogP contribution in [0.15, 0.2) is 28.7 Å². The first-order valence-corrected chi connectivity index (χ1v) is 8.70. The van der Waals surface area contributed by atoms with Gasteiger partial charge in [-0.1, -0.05) is 6.92 Å². The molecule has 5 nitrogen and oxygen atoms in total. The summed E-state index contributed by atoms with van der Waals surface area (Å²) in [5.41, 5.74) is 0.645. The molecule has 0 radical (unpaired) electrons. The molecule has 1 aliphatic rings. The second-order valence-corrected chi connectivity index (χ2v) is 6.40. The van der Waals surface area contributed by atoms with Crippen LogP contribution in [-0.4, -0.2) is 35.5 Å². The fourth-order valence-electron chi connectivity index (χ4n) is 3.08. The number of hydrogen-bond acceptors (Lipinski definition) is 4. The molecule has 1 saturated heterocycles. The number of carbonyl (C=O) groups is 1. The molecule has 1 amide bonds. The molecule has 2 heterocycles. The molecular weight excluding hydrogens is 323 g/mol. The lowest BCUT2D eigenvalue weighted by Gasteiger charge is -2.32. The number of oxazole rings is 1. The maximum atomic E-state index is 12.9. The molecule has 0 saturated carbocycles. The smallest absolute Gasteiger partial charge is 0.291 e. The number of ether oxygens (including phenoxy) is 1. The van der Waals surface area contributed by atoms with Gasteiger partial charge in [0.1, 0.15) is 11.6 Å². The topological polar surface area (TPSA) is 55.6 Å². The molecule has 0 bridgehead atoms. The number of rotatable bonds is 5. The summed E-state index contributed by atoms with van der Waals surface area (Å²) in [6, 6.07) is 5.99. The summed E-state index contributed by atoms with van der Waals surface area (Å²) in [5, 5.41) is 0. The first-order valence-electron chi connectivity index (χ1n) is 8.70. The van der Waals surface area contributed by atoms with E-state index in [0.29, 0.717) is 49.2 Å². The molecule has 6 heteroatoms. The summed E-state index contributed by atoms with van der Waals surface area (Å²) in [4.78, 5) is 18.8. The van der Waals surface area contributed by atoms with Gasteiger partial charge in [-0.2, -0.15) is 0 Å². The first kappa shape index (κ1) is 17.5. The van der Waals surface area contributed by atoms with Crippen LogP contribution in [0.3, 0.4) is 0 Å². The quantitative estimate of drug-likeness (QED) is 0.830. The molecule has 1 atom stereocenters. The van der Waals surface area contributed by atoms with Crippen molar-refractivity contribution in [1.29, 1.82) is 0 Å². The van der Waals surface area contributed by atoms with Crippen LogP contribution in [-0.2, 0) is 6.42 Å². The van der Waals surface area contributed by atoms with E-state index in [9.17, 15) is 9.18 Å². The van der Waals surface area contributed by atoms with E-state index in [1.807, 2.05) is 11.8 Å². The summed E-state index contributed by atoms with van der Waals surface area (Å²) in [6.45, 7) is 5.60. The summed E-state index contributed by atoms with van der Waals surface area (Å²) >= 11 is 0. The molecule has 134 valence electrons. The molecule has 25 heavy (non-hydrogen) atoms. The van der Waals surface area contributed by atoms with Crippen LogP contribution in [0, 0.1) is 18.7 Å². The Kier molecular flexibility index (Phi) is 5.36. The van der Waals surface area contributed by atoms with Crippen molar-refractivity contribution >= 4 is 5.91 Å². The van der Waals surface area contributed by atoms with E-state index in [2.05, 4.69) is 4.98 Å². The van der Waals surface area contributed by atoms with Gasteiger partial charge in [-0.15, -0.1) is 0 Å². The van der Waals surface area contributed by atoms with Crippen molar-refractivity contribution in [2.24, 2.45) is 5.92 Å². The number of amides is 1. The zero-order chi connectivity index (χ0) is 17.8. The van der Waals surface area contributed by atoms with E-state index in [4.69, 9.17) is 9.15 Å². The van der Waals surface area contributed by atoms with Gasteiger partial charge < -0.3 is 14.1 Å². The van der Waals surface area contributed by atoms with Gasteiger partial charge in [0.2, 0.25) is 5.76 Å². The van der Waals surface area contributed by atoms with Gasteiger partial charge in [0.05, 0.1) is 12.3 Å². The Bertz CT molecular complexity index is 727. The Hall–Kier alpha value is -2.37. The number of benzene rings is 1. The molecule has 2 aromatic rings. The zero-order valence-corrected chi connectivity index (χ0v) is 14.6. The van der Waals surface area contributed by atoms with Gasteiger partial charge in [0.15, 0.2) is 5.89 Å². The Morgan fingerprint density at radius 1 is 1.40 bits per heavy atom. The number of carbonyl (C=O) groups excluding carboxylic acids is 1. The maximum absolute atomic E-state index is 12.9. The summed E-state index contributed by atoms with van der Waals surface area (Å²) in [5.74, 6) is 1.44. The molecule has 3 rings (SSSR count). The van der Waals surface area contributed by atoms with E-state index in [-0.39, 0.29) is 17.6 Å². The van der Waals surface area contributed by atoms with Crippen LogP contribution < -0.4 is 4.74 Å². The lowest BCUT2D eigenvalue weighted by atomic mass is 9.98. The van der Waals surface area contributed by atoms with Gasteiger partial charge in [0, 0.05) is 25.4 Å². The minimum Gasteiger partial charge on any atom is -0.493 e. The molecule has 1 fully saturated rings. The molecule has 1 aromatic carbocycles. The lowest BCUT2D eigenvalue weighted by Crippen LogP contribution is -2.41. The van der Waals surface area contributed by atoms with E-state index in [1.54, 1.807) is 19.1 Å². The van der Waals surface area contributed by atoms with Gasteiger partial charge in [-0.05, 0) is 44.0 Å². The number of piperidine rings is 1. The highest BCUT2D eigenvalue weighted by Gasteiger charge is 2.28. The van der Waals surface area contributed by atoms with Crippen LogP contribution in [0.5, 0.6) is 5.75 Å². The van der Waals surface area contributed by atoms with Gasteiger partial charge >= 0.3 is 0 Å². The third-order valence-corrected chi connectivity index (χ3v) is 4.44. The van der Waals surface area contributed by atoms with Crippen molar-refractivity contribution in [2.45, 2.75) is 33.1 Å². The third-order valence-electron chi connectivity index (χ3n) is 4.44. The molecule has 1 aliphatic heterocycles. The summed E-state index contributed by atoms with van der Waals surface area (Å²) < 4.78 is 24.3. The second-order valence-electron chi connectivity index (χ2n) is 6.40. The zero-order valence-electron chi connectivity index (χ0n) is 14.6. The third kappa shape index (κ3) is 4.18. The number of aromatic nitrogens is 1. The Morgan fingerprint density at radius 2 is 2.16 bits per heavy atom. The SMILES string of the molecule is CCc1nc(C)c(C(=O)N2CCC[C@H](COc3ccc(F)cc3)C2)o1. The highest BCUT2D eigenvalue weighted by Crippen LogP contribution is 2.22. The number of hydrogen-bond donors (Lipinski definition) is 0. The molecular formula is C19H23FN2O3. The fraction of sp³-hybridized carbons (Fsp3) is 0.474. The van der Waals surface area contributed by atoms with Crippen LogP contribution in [0.1, 0.15) is 41.9 Å². The summed E-state index contributed by atoms with van der Waals surface area (Å²) in [6.07, 6.45) is 2.60. The minimum absolute atomic E-state index is 0.101. The molecule has 0 N–H and O–H groups in total. The highest BCUT2D eigenvalue weighted by molar-refractivity contribution is 5.92. The van der Waals surface area contributed by atoms with Crippen LogP contribution in [0.4, 0.5) is 4.39 Å². The maximum Gasteiger partial charge on any atom is 0.291 e. The number of aryl methyl sites for hydroxylation is 2. The standard InChI is InChI=1S/C19H23FN2O3/c1-3-17-21-13(2)18(25-17)19(23)22-10-4-5-14(11-22)12-24-16-8-6-15(20)7-9-16/h6-9,14H,3-5,10-12H2,1-2H3/t14-/m0/s1. The van der Waals surface area contributed by atoms with Crippen molar-refractivity contribution in [3.05, 3.63) is 47.4 Å². The van der Waals surface area contributed by atoms with Crippen LogP contribution in [0.2, 0.25) is 0 Å². The minimum atomic E-state index is -0.282. The van der Waals surface area contributed by atoms with Gasteiger partial charge in [0.25, 0.3) is 5.91 Å². The molecule has 0 spiro atoms. The van der Waals surface area contributed by atoms with Crippen LogP contribution in [0.25, 0.3) is 0 Å². The Balaban J connectivity index is 1.59. The summed E-state index contributed by atoms with van der Waals surface area (Å²) in [7, 11) is 0.